The van der Waals surface area contributed by atoms with Crippen LogP contribution in [-0.4, -0.2) is 40.7 Å². The molecule has 0 aliphatic rings. The van der Waals surface area contributed by atoms with Crippen molar-refractivity contribution in [1.29, 1.82) is 0 Å². The molecule has 0 unspecified atom stereocenters. The Morgan fingerprint density at radius 3 is 2.27 bits per heavy atom. The highest BCUT2D eigenvalue weighted by atomic mass is 16.9. The minimum absolute atomic E-state index is 0.521. The van der Waals surface area contributed by atoms with E-state index in [-0.39, 0.29) is 0 Å². The van der Waals surface area contributed by atoms with E-state index in [1.807, 2.05) is 0 Å². The lowest BCUT2D eigenvalue weighted by molar-refractivity contribution is -0.759. The highest BCUT2D eigenvalue weighted by Crippen LogP contribution is 1.98. The number of rotatable bonds is 5. The molecule has 0 aliphatic carbocycles. The first-order valence-corrected chi connectivity index (χ1v) is 2.82. The molecule has 0 bridgehead atoms. The van der Waals surface area contributed by atoms with E-state index >= 15 is 0 Å². The van der Waals surface area contributed by atoms with E-state index in [1.54, 1.807) is 0 Å². The molecule has 0 atom stereocenters. The summed E-state index contributed by atoms with van der Waals surface area (Å²) in [5.74, 6) is 0. The quantitative estimate of drug-likeness (QED) is 0.317. The number of hydrogen-bond acceptors (Lipinski definition) is 6. The molecule has 7 heteroatoms. The van der Waals surface area contributed by atoms with Crippen molar-refractivity contribution in [3.63, 3.8) is 0 Å². The van der Waals surface area contributed by atoms with Crippen LogP contribution in [0.15, 0.2) is 0 Å². The SMILES string of the molecule is NC(CO)(CO)CO[N+](=O)[O-]. The van der Waals surface area contributed by atoms with Crippen molar-refractivity contribution in [2.75, 3.05) is 19.8 Å². The van der Waals surface area contributed by atoms with Crippen molar-refractivity contribution in [2.45, 2.75) is 5.54 Å². The molecule has 0 aliphatic heterocycles. The largest absolute Gasteiger partial charge is 0.394 e. The molecule has 4 N–H and O–H groups in total. The molecule has 0 spiro atoms. The zero-order valence-corrected chi connectivity index (χ0v) is 5.77. The van der Waals surface area contributed by atoms with Gasteiger partial charge in [-0.2, -0.15) is 0 Å². The van der Waals surface area contributed by atoms with Crippen LogP contribution in [0.1, 0.15) is 0 Å². The molecule has 0 rings (SSSR count). The molecule has 0 fully saturated rings. The van der Waals surface area contributed by atoms with Gasteiger partial charge in [-0.05, 0) is 0 Å². The Morgan fingerprint density at radius 2 is 2.00 bits per heavy atom. The van der Waals surface area contributed by atoms with Crippen LogP contribution in [0.25, 0.3) is 0 Å². The Bertz CT molecular complexity index is 134. The number of aliphatic hydroxyl groups is 2. The van der Waals surface area contributed by atoms with Gasteiger partial charge in [0.05, 0.1) is 18.8 Å². The molecule has 0 heterocycles. The van der Waals surface area contributed by atoms with Gasteiger partial charge in [-0.3, -0.25) is 0 Å². The number of nitrogens with zero attached hydrogens (tertiary/aromatic N) is 1. The van der Waals surface area contributed by atoms with Gasteiger partial charge in [-0.25, -0.2) is 0 Å². The minimum atomic E-state index is -1.44. The molecule has 0 radical (unpaired) electrons. The Morgan fingerprint density at radius 1 is 1.55 bits per heavy atom. The molecule has 11 heavy (non-hydrogen) atoms. The first kappa shape index (κ1) is 10.1. The van der Waals surface area contributed by atoms with Gasteiger partial charge in [0.1, 0.15) is 6.61 Å². The maximum Gasteiger partial charge on any atom is 0.294 e. The van der Waals surface area contributed by atoms with E-state index in [1.165, 1.54) is 0 Å². The average Bonchev–Trinajstić information content (AvgIpc) is 2.00. The molecule has 0 saturated carbocycles. The van der Waals surface area contributed by atoms with Crippen LogP contribution in [0.3, 0.4) is 0 Å². The molecule has 7 nitrogen and oxygen atoms in total. The zero-order chi connectivity index (χ0) is 8.91. The van der Waals surface area contributed by atoms with Crippen molar-refractivity contribution in [1.82, 2.24) is 0 Å². The van der Waals surface area contributed by atoms with Crippen molar-refractivity contribution in [3.05, 3.63) is 10.1 Å². The number of nitrogens with two attached hydrogens (primary N) is 1. The third-order valence-electron chi connectivity index (χ3n) is 1.09. The highest BCUT2D eigenvalue weighted by Gasteiger charge is 2.24. The predicted molar refractivity (Wildman–Crippen MR) is 34.0 cm³/mol. The van der Waals surface area contributed by atoms with E-state index in [0.29, 0.717) is 0 Å². The van der Waals surface area contributed by atoms with Crippen molar-refractivity contribution < 1.29 is 20.1 Å². The molecular formula is C4H10N2O5. The second-order valence-corrected chi connectivity index (χ2v) is 2.18. The van der Waals surface area contributed by atoms with Gasteiger partial charge in [-0.15, -0.1) is 10.1 Å². The van der Waals surface area contributed by atoms with Gasteiger partial charge in [-0.1, -0.05) is 0 Å². The smallest absolute Gasteiger partial charge is 0.294 e. The van der Waals surface area contributed by atoms with Crippen LogP contribution in [0, 0.1) is 10.1 Å². The average molecular weight is 166 g/mol. The van der Waals surface area contributed by atoms with Crippen LogP contribution in [0.2, 0.25) is 0 Å². The van der Waals surface area contributed by atoms with Crippen molar-refractivity contribution >= 4 is 0 Å². The fourth-order valence-corrected chi connectivity index (χ4v) is 0.323. The van der Waals surface area contributed by atoms with E-state index in [0.717, 1.165) is 0 Å². The van der Waals surface area contributed by atoms with Gasteiger partial charge in [0, 0.05) is 0 Å². The topological polar surface area (TPSA) is 119 Å². The monoisotopic (exact) mass is 166 g/mol. The second kappa shape index (κ2) is 4.06. The van der Waals surface area contributed by atoms with Gasteiger partial charge < -0.3 is 20.8 Å². The fourth-order valence-electron chi connectivity index (χ4n) is 0.323. The summed E-state index contributed by atoms with van der Waals surface area (Å²) in [5.41, 5.74) is 3.78. The van der Waals surface area contributed by atoms with E-state index < -0.39 is 30.4 Å². The summed E-state index contributed by atoms with van der Waals surface area (Å²) in [7, 11) is 0. The molecule has 0 aromatic heterocycles. The summed E-state index contributed by atoms with van der Waals surface area (Å²) in [5, 5.41) is 25.6. The highest BCUT2D eigenvalue weighted by molar-refractivity contribution is 4.81. The van der Waals surface area contributed by atoms with Crippen LogP contribution in [-0.2, 0) is 4.84 Å². The third kappa shape index (κ3) is 3.71. The van der Waals surface area contributed by atoms with E-state index in [9.17, 15) is 10.1 Å². The third-order valence-corrected chi connectivity index (χ3v) is 1.09. The standard InChI is InChI=1S/C4H10N2O5/c5-4(1-7,2-8)3-11-6(9)10/h7-8H,1-3,5H2. The normalized spacial score (nSPS) is 11.2. The lowest BCUT2D eigenvalue weighted by Gasteiger charge is -2.22. The summed E-state index contributed by atoms with van der Waals surface area (Å²) in [6.07, 6.45) is 0. The van der Waals surface area contributed by atoms with E-state index in [2.05, 4.69) is 4.84 Å². The van der Waals surface area contributed by atoms with Gasteiger partial charge in [0.2, 0.25) is 0 Å². The van der Waals surface area contributed by atoms with E-state index in [4.69, 9.17) is 15.9 Å². The predicted octanol–water partition coefficient (Wildman–Crippen LogP) is -2.12. The van der Waals surface area contributed by atoms with Crippen LogP contribution >= 0.6 is 0 Å². The maximum atomic E-state index is 9.64. The lowest BCUT2D eigenvalue weighted by atomic mass is 10.1. The number of aliphatic hydroxyl groups excluding tert-OH is 2. The van der Waals surface area contributed by atoms with Crippen molar-refractivity contribution in [2.24, 2.45) is 5.73 Å². The van der Waals surface area contributed by atoms with Crippen molar-refractivity contribution in [3.8, 4) is 0 Å². The molecule has 66 valence electrons. The van der Waals surface area contributed by atoms with Gasteiger partial charge in [0.25, 0.3) is 5.09 Å². The Balaban J connectivity index is 3.78. The molecule has 0 aromatic carbocycles. The van der Waals surface area contributed by atoms with Crippen LogP contribution < -0.4 is 5.73 Å². The first-order chi connectivity index (χ1) is 5.04. The van der Waals surface area contributed by atoms with Crippen LogP contribution in [0.4, 0.5) is 0 Å². The fraction of sp³-hybridized carbons (Fsp3) is 1.00. The summed E-state index contributed by atoms with van der Waals surface area (Å²) >= 11 is 0. The Kier molecular flexibility index (Phi) is 3.72. The minimum Gasteiger partial charge on any atom is -0.394 e. The second-order valence-electron chi connectivity index (χ2n) is 2.18. The molecule has 0 saturated heterocycles. The summed E-state index contributed by atoms with van der Waals surface area (Å²) in [6.45, 7) is -1.66. The summed E-state index contributed by atoms with van der Waals surface area (Å²) in [6, 6.07) is 0. The Labute approximate surface area is 62.5 Å². The maximum absolute atomic E-state index is 9.64. The van der Waals surface area contributed by atoms with Gasteiger partial charge in [0.15, 0.2) is 0 Å². The lowest BCUT2D eigenvalue weighted by Crippen LogP contribution is -2.51. The summed E-state index contributed by atoms with van der Waals surface area (Å²) in [4.78, 5) is 13.5. The number of hydrogen-bond donors (Lipinski definition) is 3. The zero-order valence-electron chi connectivity index (χ0n) is 5.77. The molecule has 0 aromatic rings. The first-order valence-electron chi connectivity index (χ1n) is 2.82. The summed E-state index contributed by atoms with van der Waals surface area (Å²) < 4.78 is 0. The molecule has 0 amide bonds. The van der Waals surface area contributed by atoms with Crippen LogP contribution in [0.5, 0.6) is 0 Å². The van der Waals surface area contributed by atoms with Gasteiger partial charge >= 0.3 is 0 Å². The molecular weight excluding hydrogens is 156 g/mol. The Hall–Kier alpha value is -0.920.